The minimum atomic E-state index is -4.58. The molecular formula is C13H19F3N4. The average molecular weight is 288 g/mol. The fraction of sp³-hybridized carbons (Fsp3) is 0.692. The molecule has 1 aromatic rings. The van der Waals surface area contributed by atoms with Crippen molar-refractivity contribution in [2.24, 2.45) is 5.92 Å². The molecule has 2 unspecified atom stereocenters. The summed E-state index contributed by atoms with van der Waals surface area (Å²) in [6, 6.07) is 1.60. The minimum absolute atomic E-state index is 0.155. The quantitative estimate of drug-likeness (QED) is 0.908. The average Bonchev–Trinajstić information content (AvgIpc) is 2.36. The standard InChI is InChI=1S/C13H19F3N4/c1-8-4-3-5-9(6-8)20(2)11-7-10(17)18-12(19-11)13(14,15)16/h7-9H,3-6H2,1-2H3,(H2,17,18,19). The van der Waals surface area contributed by atoms with Crippen LogP contribution in [0.4, 0.5) is 24.8 Å². The number of hydrogen-bond donors (Lipinski definition) is 1. The molecule has 0 aliphatic heterocycles. The van der Waals surface area contributed by atoms with Crippen LogP contribution in [0.15, 0.2) is 6.07 Å². The smallest absolute Gasteiger partial charge is 0.384 e. The van der Waals surface area contributed by atoms with E-state index in [2.05, 4.69) is 16.9 Å². The predicted octanol–water partition coefficient (Wildman–Crippen LogP) is 3.09. The molecule has 1 aliphatic carbocycles. The second kappa shape index (κ2) is 5.46. The van der Waals surface area contributed by atoms with Crippen LogP contribution in [0.5, 0.6) is 0 Å². The lowest BCUT2D eigenvalue weighted by Gasteiger charge is -2.35. The third-order valence-electron chi connectivity index (χ3n) is 3.80. The van der Waals surface area contributed by atoms with Crippen molar-refractivity contribution in [3.63, 3.8) is 0 Å². The van der Waals surface area contributed by atoms with Crippen LogP contribution < -0.4 is 10.6 Å². The maximum absolute atomic E-state index is 12.7. The Labute approximate surface area is 116 Å². The van der Waals surface area contributed by atoms with E-state index in [0.29, 0.717) is 5.92 Å². The van der Waals surface area contributed by atoms with Gasteiger partial charge in [-0.3, -0.25) is 0 Å². The Morgan fingerprint density at radius 3 is 2.60 bits per heavy atom. The molecule has 0 amide bonds. The second-order valence-electron chi connectivity index (χ2n) is 5.51. The van der Waals surface area contributed by atoms with Gasteiger partial charge in [-0.05, 0) is 18.8 Å². The molecule has 1 aromatic heterocycles. The Hall–Kier alpha value is -1.53. The molecule has 2 atom stereocenters. The van der Waals surface area contributed by atoms with E-state index >= 15 is 0 Å². The summed E-state index contributed by atoms with van der Waals surface area (Å²) in [6.07, 6.45) is -0.397. The van der Waals surface area contributed by atoms with Gasteiger partial charge in [0.15, 0.2) is 0 Å². The first-order valence-corrected chi connectivity index (χ1v) is 6.72. The number of aromatic nitrogens is 2. The second-order valence-corrected chi connectivity index (χ2v) is 5.51. The zero-order valence-electron chi connectivity index (χ0n) is 11.6. The molecule has 1 aliphatic rings. The highest BCUT2D eigenvalue weighted by molar-refractivity contribution is 5.47. The molecule has 1 saturated carbocycles. The molecule has 7 heteroatoms. The van der Waals surface area contributed by atoms with Crippen molar-refractivity contribution in [1.82, 2.24) is 9.97 Å². The third kappa shape index (κ3) is 3.32. The van der Waals surface area contributed by atoms with Gasteiger partial charge in [0.2, 0.25) is 5.82 Å². The van der Waals surface area contributed by atoms with E-state index in [1.165, 1.54) is 12.5 Å². The van der Waals surface area contributed by atoms with E-state index < -0.39 is 12.0 Å². The fourth-order valence-corrected chi connectivity index (χ4v) is 2.70. The van der Waals surface area contributed by atoms with Crippen molar-refractivity contribution < 1.29 is 13.2 Å². The molecular weight excluding hydrogens is 269 g/mol. The van der Waals surface area contributed by atoms with Crippen molar-refractivity contribution in [2.75, 3.05) is 17.7 Å². The molecule has 0 bridgehead atoms. The number of alkyl halides is 3. The van der Waals surface area contributed by atoms with E-state index in [1.807, 2.05) is 0 Å². The lowest BCUT2D eigenvalue weighted by atomic mass is 9.86. The fourth-order valence-electron chi connectivity index (χ4n) is 2.70. The summed E-state index contributed by atoms with van der Waals surface area (Å²) in [7, 11) is 1.77. The van der Waals surface area contributed by atoms with Crippen LogP contribution >= 0.6 is 0 Å². The van der Waals surface area contributed by atoms with Crippen LogP contribution in [0.1, 0.15) is 38.4 Å². The summed E-state index contributed by atoms with van der Waals surface area (Å²) in [4.78, 5) is 8.67. The van der Waals surface area contributed by atoms with Gasteiger partial charge in [-0.25, -0.2) is 9.97 Å². The van der Waals surface area contributed by atoms with Crippen LogP contribution in [-0.2, 0) is 6.18 Å². The minimum Gasteiger partial charge on any atom is -0.384 e. The maximum atomic E-state index is 12.7. The van der Waals surface area contributed by atoms with Gasteiger partial charge in [0.05, 0.1) is 0 Å². The van der Waals surface area contributed by atoms with Gasteiger partial charge in [0.25, 0.3) is 0 Å². The van der Waals surface area contributed by atoms with E-state index in [-0.39, 0.29) is 17.7 Å². The molecule has 0 aromatic carbocycles. The number of halogens is 3. The van der Waals surface area contributed by atoms with Crippen LogP contribution in [0.25, 0.3) is 0 Å². The number of hydrogen-bond acceptors (Lipinski definition) is 4. The topological polar surface area (TPSA) is 55.0 Å². The lowest BCUT2D eigenvalue weighted by Crippen LogP contribution is -2.36. The number of nitrogens with zero attached hydrogens (tertiary/aromatic N) is 3. The van der Waals surface area contributed by atoms with Crippen LogP contribution in [0.3, 0.4) is 0 Å². The molecule has 0 spiro atoms. The number of rotatable bonds is 2. The van der Waals surface area contributed by atoms with Crippen LogP contribution in [0, 0.1) is 5.92 Å². The summed E-state index contributed by atoms with van der Waals surface area (Å²) >= 11 is 0. The SMILES string of the molecule is CC1CCCC(N(C)c2cc(N)nc(C(F)(F)F)n2)C1. The number of anilines is 2. The maximum Gasteiger partial charge on any atom is 0.451 e. The van der Waals surface area contributed by atoms with E-state index in [9.17, 15) is 13.2 Å². The van der Waals surface area contributed by atoms with Crippen molar-refractivity contribution >= 4 is 11.6 Å². The Kier molecular flexibility index (Phi) is 4.06. The van der Waals surface area contributed by atoms with Gasteiger partial charge in [0.1, 0.15) is 11.6 Å². The Balaban J connectivity index is 2.25. The van der Waals surface area contributed by atoms with Crippen molar-refractivity contribution in [3.8, 4) is 0 Å². The molecule has 20 heavy (non-hydrogen) atoms. The summed E-state index contributed by atoms with van der Waals surface area (Å²) in [5.41, 5.74) is 5.47. The molecule has 112 valence electrons. The molecule has 1 fully saturated rings. The van der Waals surface area contributed by atoms with Gasteiger partial charge in [-0.1, -0.05) is 19.8 Å². The summed E-state index contributed by atoms with van der Waals surface area (Å²) in [5.74, 6) is -0.511. The van der Waals surface area contributed by atoms with Crippen molar-refractivity contribution in [2.45, 2.75) is 44.8 Å². The van der Waals surface area contributed by atoms with Gasteiger partial charge in [-0.15, -0.1) is 0 Å². The predicted molar refractivity (Wildman–Crippen MR) is 71.3 cm³/mol. The van der Waals surface area contributed by atoms with Gasteiger partial charge in [0, 0.05) is 19.2 Å². The Morgan fingerprint density at radius 2 is 2.00 bits per heavy atom. The first-order chi connectivity index (χ1) is 9.27. The highest BCUT2D eigenvalue weighted by atomic mass is 19.4. The highest BCUT2D eigenvalue weighted by Gasteiger charge is 2.36. The zero-order chi connectivity index (χ0) is 14.9. The summed E-state index contributed by atoms with van der Waals surface area (Å²) < 4.78 is 38.1. The lowest BCUT2D eigenvalue weighted by molar-refractivity contribution is -0.144. The highest BCUT2D eigenvalue weighted by Crippen LogP contribution is 2.32. The third-order valence-corrected chi connectivity index (χ3v) is 3.80. The first-order valence-electron chi connectivity index (χ1n) is 6.72. The molecule has 1 heterocycles. The zero-order valence-corrected chi connectivity index (χ0v) is 11.6. The van der Waals surface area contributed by atoms with E-state index in [0.717, 1.165) is 19.3 Å². The molecule has 2 N–H and O–H groups in total. The Morgan fingerprint density at radius 1 is 1.30 bits per heavy atom. The molecule has 0 saturated heterocycles. The number of nitrogen functional groups attached to an aromatic ring is 1. The molecule has 2 rings (SSSR count). The summed E-state index contributed by atoms with van der Waals surface area (Å²) in [5, 5.41) is 0. The van der Waals surface area contributed by atoms with E-state index in [4.69, 9.17) is 5.73 Å². The van der Waals surface area contributed by atoms with Gasteiger partial charge in [-0.2, -0.15) is 13.2 Å². The molecule has 0 radical (unpaired) electrons. The van der Waals surface area contributed by atoms with Crippen LogP contribution in [0.2, 0.25) is 0 Å². The monoisotopic (exact) mass is 288 g/mol. The Bertz CT molecular complexity index is 475. The van der Waals surface area contributed by atoms with Crippen molar-refractivity contribution in [3.05, 3.63) is 11.9 Å². The normalized spacial score (nSPS) is 23.6. The summed E-state index contributed by atoms with van der Waals surface area (Å²) in [6.45, 7) is 2.16. The van der Waals surface area contributed by atoms with Crippen molar-refractivity contribution in [1.29, 1.82) is 0 Å². The van der Waals surface area contributed by atoms with Crippen LogP contribution in [-0.4, -0.2) is 23.1 Å². The number of nitrogens with two attached hydrogens (primary N) is 1. The van der Waals surface area contributed by atoms with E-state index in [1.54, 1.807) is 11.9 Å². The van der Waals surface area contributed by atoms with Gasteiger partial charge >= 0.3 is 6.18 Å². The first kappa shape index (κ1) is 14.9. The largest absolute Gasteiger partial charge is 0.451 e. The molecule has 4 nitrogen and oxygen atoms in total. The van der Waals surface area contributed by atoms with Gasteiger partial charge < -0.3 is 10.6 Å².